The van der Waals surface area contributed by atoms with Gasteiger partial charge in [0.1, 0.15) is 5.69 Å². The van der Waals surface area contributed by atoms with Gasteiger partial charge >= 0.3 is 0 Å². The SMILES string of the molecule is COc1cccc(C(=O)NCCn2nc(-c3sc(C)nc3C)ccc2=O)c1OC. The normalized spacial score (nSPS) is 10.6. The van der Waals surface area contributed by atoms with E-state index >= 15 is 0 Å². The summed E-state index contributed by atoms with van der Waals surface area (Å²) in [5, 5.41) is 8.16. The lowest BCUT2D eigenvalue weighted by Crippen LogP contribution is -2.32. The summed E-state index contributed by atoms with van der Waals surface area (Å²) in [4.78, 5) is 30.0. The van der Waals surface area contributed by atoms with Crippen molar-refractivity contribution in [2.24, 2.45) is 0 Å². The molecule has 1 aromatic carbocycles. The molecule has 1 amide bonds. The molecule has 0 aliphatic heterocycles. The lowest BCUT2D eigenvalue weighted by Gasteiger charge is -2.13. The number of carbonyl (C=O) groups is 1. The molecule has 0 saturated carbocycles. The second-order valence-corrected chi connectivity index (χ2v) is 7.43. The van der Waals surface area contributed by atoms with Gasteiger partial charge in [-0.2, -0.15) is 5.10 Å². The Kier molecular flexibility index (Phi) is 6.28. The molecule has 9 heteroatoms. The molecule has 1 N–H and O–H groups in total. The number of aryl methyl sites for hydroxylation is 2. The van der Waals surface area contributed by atoms with Crippen molar-refractivity contribution < 1.29 is 14.3 Å². The average Bonchev–Trinajstić information content (AvgIpc) is 3.06. The van der Waals surface area contributed by atoms with Gasteiger partial charge in [0, 0.05) is 12.6 Å². The Bertz CT molecular complexity index is 1090. The number of hydrogen-bond donors (Lipinski definition) is 1. The van der Waals surface area contributed by atoms with Crippen LogP contribution in [0.2, 0.25) is 0 Å². The number of carbonyl (C=O) groups excluding carboxylic acids is 1. The van der Waals surface area contributed by atoms with Crippen molar-refractivity contribution in [2.45, 2.75) is 20.4 Å². The first-order valence-corrected chi connectivity index (χ1v) is 9.78. The number of thiazole rings is 1. The van der Waals surface area contributed by atoms with Gasteiger partial charge in [-0.25, -0.2) is 9.67 Å². The number of rotatable bonds is 7. The minimum absolute atomic E-state index is 0.232. The maximum atomic E-state index is 12.5. The maximum absolute atomic E-state index is 12.5. The maximum Gasteiger partial charge on any atom is 0.266 e. The van der Waals surface area contributed by atoms with E-state index in [1.54, 1.807) is 24.3 Å². The fourth-order valence-electron chi connectivity index (χ4n) is 2.94. The van der Waals surface area contributed by atoms with E-state index in [1.165, 1.54) is 36.3 Å². The molecule has 0 radical (unpaired) electrons. The predicted molar refractivity (Wildman–Crippen MR) is 111 cm³/mol. The molecule has 0 saturated heterocycles. The highest BCUT2D eigenvalue weighted by Gasteiger charge is 2.16. The molecule has 3 aromatic rings. The van der Waals surface area contributed by atoms with Crippen LogP contribution in [0.5, 0.6) is 11.5 Å². The van der Waals surface area contributed by atoms with Crippen LogP contribution in [0.4, 0.5) is 0 Å². The number of benzene rings is 1. The van der Waals surface area contributed by atoms with Gasteiger partial charge in [-0.15, -0.1) is 11.3 Å². The Morgan fingerprint density at radius 1 is 1.17 bits per heavy atom. The Morgan fingerprint density at radius 2 is 1.97 bits per heavy atom. The number of hydrogen-bond acceptors (Lipinski definition) is 7. The van der Waals surface area contributed by atoms with E-state index in [9.17, 15) is 9.59 Å². The highest BCUT2D eigenvalue weighted by molar-refractivity contribution is 7.15. The van der Waals surface area contributed by atoms with E-state index in [0.29, 0.717) is 22.8 Å². The van der Waals surface area contributed by atoms with Crippen molar-refractivity contribution in [3.05, 3.63) is 57.0 Å². The van der Waals surface area contributed by atoms with Gasteiger partial charge < -0.3 is 14.8 Å². The van der Waals surface area contributed by atoms with E-state index < -0.39 is 0 Å². The van der Waals surface area contributed by atoms with E-state index in [0.717, 1.165) is 15.6 Å². The quantitative estimate of drug-likeness (QED) is 0.638. The van der Waals surface area contributed by atoms with Crippen molar-refractivity contribution in [3.63, 3.8) is 0 Å². The lowest BCUT2D eigenvalue weighted by atomic mass is 10.1. The second kappa shape index (κ2) is 8.87. The Hall–Kier alpha value is -3.20. The van der Waals surface area contributed by atoms with Crippen molar-refractivity contribution >= 4 is 17.2 Å². The van der Waals surface area contributed by atoms with E-state index in [1.807, 2.05) is 13.8 Å². The molecule has 2 heterocycles. The zero-order chi connectivity index (χ0) is 21.0. The molecule has 0 spiro atoms. The summed E-state index contributed by atoms with van der Waals surface area (Å²) in [6.45, 7) is 4.31. The Labute approximate surface area is 172 Å². The van der Waals surface area contributed by atoms with E-state index in [-0.39, 0.29) is 24.6 Å². The van der Waals surface area contributed by atoms with Crippen molar-refractivity contribution in [1.29, 1.82) is 0 Å². The summed E-state index contributed by atoms with van der Waals surface area (Å²) in [6, 6.07) is 8.25. The standard InChI is InChI=1S/C20H22N4O4S/c1-12-19(29-13(2)22-12)15-8-9-17(25)24(23-15)11-10-21-20(26)14-6-5-7-16(27-3)18(14)28-4/h5-9H,10-11H2,1-4H3,(H,21,26). The Morgan fingerprint density at radius 3 is 2.62 bits per heavy atom. The van der Waals surface area contributed by atoms with E-state index in [4.69, 9.17) is 9.47 Å². The third-order valence-electron chi connectivity index (χ3n) is 4.26. The minimum atomic E-state index is -0.320. The first kappa shape index (κ1) is 20.5. The molecular formula is C20H22N4O4S. The van der Waals surface area contributed by atoms with Gasteiger partial charge in [0.15, 0.2) is 11.5 Å². The largest absolute Gasteiger partial charge is 0.493 e. The van der Waals surface area contributed by atoms with Crippen LogP contribution in [0.25, 0.3) is 10.6 Å². The molecule has 152 valence electrons. The third-order valence-corrected chi connectivity index (χ3v) is 5.35. The molecule has 0 unspecified atom stereocenters. The summed E-state index contributed by atoms with van der Waals surface area (Å²) in [5.74, 6) is 0.515. The second-order valence-electron chi connectivity index (χ2n) is 6.22. The topological polar surface area (TPSA) is 95.3 Å². The smallest absolute Gasteiger partial charge is 0.266 e. The molecule has 29 heavy (non-hydrogen) atoms. The van der Waals surface area contributed by atoms with Gasteiger partial charge in [-0.05, 0) is 32.0 Å². The number of nitrogens with one attached hydrogen (secondary N) is 1. The Balaban J connectivity index is 1.73. The zero-order valence-corrected chi connectivity index (χ0v) is 17.5. The number of nitrogens with zero attached hydrogens (tertiary/aromatic N) is 3. The van der Waals surface area contributed by atoms with Gasteiger partial charge in [0.2, 0.25) is 0 Å². The van der Waals surface area contributed by atoms with Gasteiger partial charge in [-0.1, -0.05) is 6.07 Å². The summed E-state index contributed by atoms with van der Waals surface area (Å²) in [6.07, 6.45) is 0. The number of amides is 1. The highest BCUT2D eigenvalue weighted by Crippen LogP contribution is 2.30. The van der Waals surface area contributed by atoms with Crippen molar-refractivity contribution in [1.82, 2.24) is 20.1 Å². The van der Waals surface area contributed by atoms with Crippen LogP contribution in [-0.2, 0) is 6.54 Å². The number of para-hydroxylation sites is 1. The monoisotopic (exact) mass is 414 g/mol. The molecule has 3 rings (SSSR count). The zero-order valence-electron chi connectivity index (χ0n) is 16.7. The van der Waals surface area contributed by atoms with Crippen LogP contribution >= 0.6 is 11.3 Å². The van der Waals surface area contributed by atoms with Crippen LogP contribution in [0.1, 0.15) is 21.1 Å². The molecule has 0 atom stereocenters. The van der Waals surface area contributed by atoms with Crippen molar-refractivity contribution in [3.8, 4) is 22.1 Å². The molecule has 2 aromatic heterocycles. The molecule has 0 aliphatic rings. The van der Waals surface area contributed by atoms with Crippen LogP contribution in [-0.4, -0.2) is 41.4 Å². The predicted octanol–water partition coefficient (Wildman–Crippen LogP) is 2.43. The summed E-state index contributed by atoms with van der Waals surface area (Å²) in [7, 11) is 2.99. The minimum Gasteiger partial charge on any atom is -0.493 e. The van der Waals surface area contributed by atoms with Crippen LogP contribution in [0.15, 0.2) is 35.1 Å². The van der Waals surface area contributed by atoms with Gasteiger partial charge in [0.25, 0.3) is 11.5 Å². The first-order valence-electron chi connectivity index (χ1n) is 8.96. The lowest BCUT2D eigenvalue weighted by molar-refractivity contribution is 0.0948. The van der Waals surface area contributed by atoms with Gasteiger partial charge in [-0.3, -0.25) is 9.59 Å². The summed E-state index contributed by atoms with van der Waals surface area (Å²) >= 11 is 1.53. The molecule has 0 fully saturated rings. The first-order chi connectivity index (χ1) is 13.9. The number of aromatic nitrogens is 3. The highest BCUT2D eigenvalue weighted by atomic mass is 32.1. The molecule has 0 bridgehead atoms. The average molecular weight is 414 g/mol. The number of methoxy groups -OCH3 is 2. The molecule has 0 aliphatic carbocycles. The van der Waals surface area contributed by atoms with Crippen molar-refractivity contribution in [2.75, 3.05) is 20.8 Å². The fourth-order valence-corrected chi connectivity index (χ4v) is 3.82. The number of ether oxygens (including phenoxy) is 2. The van der Waals surface area contributed by atoms with Crippen LogP contribution in [0, 0.1) is 13.8 Å². The van der Waals surface area contributed by atoms with Crippen LogP contribution in [0.3, 0.4) is 0 Å². The molecule has 8 nitrogen and oxygen atoms in total. The summed E-state index contributed by atoms with van der Waals surface area (Å²) in [5.41, 5.74) is 1.69. The van der Waals surface area contributed by atoms with Gasteiger partial charge in [0.05, 0.1) is 41.9 Å². The summed E-state index contributed by atoms with van der Waals surface area (Å²) < 4.78 is 11.9. The van der Waals surface area contributed by atoms with E-state index in [2.05, 4.69) is 15.4 Å². The fraction of sp³-hybridized carbons (Fsp3) is 0.300. The molecular weight excluding hydrogens is 392 g/mol. The van der Waals surface area contributed by atoms with Crippen LogP contribution < -0.4 is 20.3 Å². The third kappa shape index (κ3) is 4.45.